The lowest BCUT2D eigenvalue weighted by Gasteiger charge is -2.09. The number of hydrogen-bond donors (Lipinski definition) is 1. The number of carbonyl (C=O) groups is 1. The molecule has 0 aliphatic carbocycles. The maximum Gasteiger partial charge on any atom is 0.247 e. The summed E-state index contributed by atoms with van der Waals surface area (Å²) in [5.41, 5.74) is 3.42. The van der Waals surface area contributed by atoms with E-state index in [-0.39, 0.29) is 18.1 Å². The van der Waals surface area contributed by atoms with E-state index in [1.165, 1.54) is 12.1 Å². The average Bonchev–Trinajstić information content (AvgIpc) is 2.66. The van der Waals surface area contributed by atoms with Crippen molar-refractivity contribution in [3.8, 4) is 5.75 Å². The quantitative estimate of drug-likeness (QED) is 0.491. The molecule has 0 atom stereocenters. The lowest BCUT2D eigenvalue weighted by molar-refractivity contribution is -0.133. The molecule has 1 amide bonds. The highest BCUT2D eigenvalue weighted by molar-refractivity contribution is 5.89. The van der Waals surface area contributed by atoms with Crippen molar-refractivity contribution in [3.63, 3.8) is 0 Å². The normalized spacial score (nSPS) is 10.7. The molecular weight excluding hydrogens is 333 g/mol. The first kappa shape index (κ1) is 17.9. The molecule has 3 rings (SSSR count). The fourth-order valence-corrected chi connectivity index (χ4v) is 2.64. The monoisotopic (exact) mass is 353 g/mol. The van der Waals surface area contributed by atoms with Gasteiger partial charge in [-0.25, -0.2) is 9.87 Å². The van der Waals surface area contributed by atoms with Gasteiger partial charge in [0.2, 0.25) is 5.91 Å². The molecule has 0 saturated heterocycles. The third kappa shape index (κ3) is 5.04. The SMILES string of the molecule is O=C(Cc1cccc2ccccc12)NOCCCOc1ccc(F)cc1. The van der Waals surface area contributed by atoms with E-state index in [2.05, 4.69) is 5.48 Å². The summed E-state index contributed by atoms with van der Waals surface area (Å²) in [6.07, 6.45) is 0.860. The first-order chi connectivity index (χ1) is 12.7. The van der Waals surface area contributed by atoms with Crippen LogP contribution in [-0.4, -0.2) is 19.1 Å². The second-order valence-corrected chi connectivity index (χ2v) is 5.84. The molecule has 3 aromatic rings. The zero-order valence-electron chi connectivity index (χ0n) is 14.3. The third-order valence-corrected chi connectivity index (χ3v) is 3.89. The van der Waals surface area contributed by atoms with Crippen LogP contribution in [0.25, 0.3) is 10.8 Å². The van der Waals surface area contributed by atoms with Crippen molar-refractivity contribution >= 4 is 16.7 Å². The number of carbonyl (C=O) groups excluding carboxylic acids is 1. The number of amides is 1. The van der Waals surface area contributed by atoms with Crippen LogP contribution in [-0.2, 0) is 16.1 Å². The van der Waals surface area contributed by atoms with Crippen LogP contribution in [0.1, 0.15) is 12.0 Å². The first-order valence-electron chi connectivity index (χ1n) is 8.48. The Morgan fingerprint density at radius 2 is 1.69 bits per heavy atom. The zero-order chi connectivity index (χ0) is 18.2. The van der Waals surface area contributed by atoms with Gasteiger partial charge >= 0.3 is 0 Å². The molecule has 0 unspecified atom stereocenters. The van der Waals surface area contributed by atoms with Crippen LogP contribution in [0.15, 0.2) is 66.7 Å². The average molecular weight is 353 g/mol. The first-order valence-corrected chi connectivity index (χ1v) is 8.48. The van der Waals surface area contributed by atoms with Gasteiger partial charge in [0.1, 0.15) is 11.6 Å². The molecule has 0 aromatic heterocycles. The smallest absolute Gasteiger partial charge is 0.247 e. The summed E-state index contributed by atoms with van der Waals surface area (Å²) in [4.78, 5) is 17.2. The number of fused-ring (bicyclic) bond motifs is 1. The van der Waals surface area contributed by atoms with Crippen molar-refractivity contribution in [3.05, 3.63) is 78.1 Å². The maximum absolute atomic E-state index is 12.8. The van der Waals surface area contributed by atoms with Gasteiger partial charge in [-0.3, -0.25) is 9.63 Å². The van der Waals surface area contributed by atoms with Crippen molar-refractivity contribution in [1.29, 1.82) is 0 Å². The summed E-state index contributed by atoms with van der Waals surface area (Å²) in [5.74, 6) is 0.113. The van der Waals surface area contributed by atoms with Gasteiger partial charge < -0.3 is 4.74 Å². The van der Waals surface area contributed by atoms with Crippen molar-refractivity contribution in [1.82, 2.24) is 5.48 Å². The van der Waals surface area contributed by atoms with Gasteiger partial charge in [-0.05, 0) is 40.6 Å². The van der Waals surface area contributed by atoms with Gasteiger partial charge in [0.15, 0.2) is 0 Å². The van der Waals surface area contributed by atoms with Gasteiger partial charge in [-0.15, -0.1) is 0 Å². The molecule has 5 heteroatoms. The number of halogens is 1. The van der Waals surface area contributed by atoms with E-state index in [1.807, 2.05) is 42.5 Å². The second-order valence-electron chi connectivity index (χ2n) is 5.84. The van der Waals surface area contributed by atoms with Gasteiger partial charge in [0, 0.05) is 6.42 Å². The molecule has 0 radical (unpaired) electrons. The highest BCUT2D eigenvalue weighted by Crippen LogP contribution is 2.18. The largest absolute Gasteiger partial charge is 0.494 e. The van der Waals surface area contributed by atoms with Crippen LogP contribution >= 0.6 is 0 Å². The molecule has 3 aromatic carbocycles. The molecule has 0 aliphatic heterocycles. The molecule has 134 valence electrons. The molecule has 1 N–H and O–H groups in total. The van der Waals surface area contributed by atoms with Crippen molar-refractivity contribution in [2.45, 2.75) is 12.8 Å². The summed E-state index contributed by atoms with van der Waals surface area (Å²) >= 11 is 0. The molecule has 0 saturated carbocycles. The third-order valence-electron chi connectivity index (χ3n) is 3.89. The lowest BCUT2D eigenvalue weighted by Crippen LogP contribution is -2.26. The Balaban J connectivity index is 1.37. The lowest BCUT2D eigenvalue weighted by atomic mass is 10.0. The predicted octanol–water partition coefficient (Wildman–Crippen LogP) is 4.04. The highest BCUT2D eigenvalue weighted by atomic mass is 19.1. The number of rotatable bonds is 8. The van der Waals surface area contributed by atoms with E-state index >= 15 is 0 Å². The van der Waals surface area contributed by atoms with Crippen molar-refractivity contribution in [2.24, 2.45) is 0 Å². The van der Waals surface area contributed by atoms with Gasteiger partial charge in [-0.2, -0.15) is 0 Å². The number of benzene rings is 3. The molecule has 26 heavy (non-hydrogen) atoms. The summed E-state index contributed by atoms with van der Waals surface area (Å²) in [7, 11) is 0. The van der Waals surface area contributed by atoms with Crippen molar-refractivity contribution < 1.29 is 18.8 Å². The summed E-state index contributed by atoms with van der Waals surface area (Å²) in [5, 5.41) is 2.18. The Morgan fingerprint density at radius 3 is 2.54 bits per heavy atom. The van der Waals surface area contributed by atoms with E-state index in [1.54, 1.807) is 12.1 Å². The standard InChI is InChI=1S/C21H20FNO3/c22-18-9-11-19(12-10-18)25-13-4-14-26-23-21(24)15-17-7-3-6-16-5-1-2-8-20(16)17/h1-3,5-12H,4,13-15H2,(H,23,24). The number of hydroxylamine groups is 1. The van der Waals surface area contributed by atoms with Crippen LogP contribution in [0.3, 0.4) is 0 Å². The fourth-order valence-electron chi connectivity index (χ4n) is 2.64. The minimum atomic E-state index is -0.297. The Labute approximate surface area is 151 Å². The number of nitrogens with one attached hydrogen (secondary N) is 1. The van der Waals surface area contributed by atoms with E-state index < -0.39 is 0 Å². The van der Waals surface area contributed by atoms with Crippen LogP contribution in [0.4, 0.5) is 4.39 Å². The summed E-state index contributed by atoms with van der Waals surface area (Å²) < 4.78 is 18.2. The minimum Gasteiger partial charge on any atom is -0.494 e. The van der Waals surface area contributed by atoms with Gasteiger partial charge in [0.05, 0.1) is 19.6 Å². The molecule has 0 bridgehead atoms. The summed E-state index contributed by atoms with van der Waals surface area (Å²) in [6.45, 7) is 0.757. The van der Waals surface area contributed by atoms with Crippen LogP contribution in [0.5, 0.6) is 5.75 Å². The summed E-state index contributed by atoms with van der Waals surface area (Å²) in [6, 6.07) is 19.7. The molecular formula is C21H20FNO3. The van der Waals surface area contributed by atoms with E-state index in [0.29, 0.717) is 25.4 Å². The number of ether oxygens (including phenoxy) is 1. The van der Waals surface area contributed by atoms with Crippen molar-refractivity contribution in [2.75, 3.05) is 13.2 Å². The Morgan fingerprint density at radius 1 is 0.923 bits per heavy atom. The van der Waals surface area contributed by atoms with E-state index in [9.17, 15) is 9.18 Å². The van der Waals surface area contributed by atoms with Crippen LogP contribution in [0.2, 0.25) is 0 Å². The fraction of sp³-hybridized carbons (Fsp3) is 0.190. The Bertz CT molecular complexity index is 859. The van der Waals surface area contributed by atoms with E-state index in [0.717, 1.165) is 16.3 Å². The van der Waals surface area contributed by atoms with E-state index in [4.69, 9.17) is 9.57 Å². The number of hydrogen-bond acceptors (Lipinski definition) is 3. The van der Waals surface area contributed by atoms with Gasteiger partial charge in [-0.1, -0.05) is 42.5 Å². The molecule has 0 fully saturated rings. The Kier molecular flexibility index (Phi) is 6.17. The van der Waals surface area contributed by atoms with Crippen LogP contribution < -0.4 is 10.2 Å². The van der Waals surface area contributed by atoms with Crippen LogP contribution in [0, 0.1) is 5.82 Å². The predicted molar refractivity (Wildman–Crippen MR) is 98.3 cm³/mol. The Hall–Kier alpha value is -2.92. The molecule has 0 spiro atoms. The maximum atomic E-state index is 12.8. The zero-order valence-corrected chi connectivity index (χ0v) is 14.3. The molecule has 0 aliphatic rings. The molecule has 4 nitrogen and oxygen atoms in total. The van der Waals surface area contributed by atoms with Gasteiger partial charge in [0.25, 0.3) is 0 Å². The second kappa shape index (κ2) is 8.97. The minimum absolute atomic E-state index is 0.194. The molecule has 0 heterocycles. The highest BCUT2D eigenvalue weighted by Gasteiger charge is 2.06. The topological polar surface area (TPSA) is 47.6 Å².